The molecule has 0 unspecified atom stereocenters. The van der Waals surface area contributed by atoms with Crippen molar-refractivity contribution < 1.29 is 4.74 Å². The number of ether oxygens (including phenoxy) is 1. The van der Waals surface area contributed by atoms with Crippen molar-refractivity contribution in [2.24, 2.45) is 4.99 Å². The highest BCUT2D eigenvalue weighted by atomic mass is 35.5. The highest BCUT2D eigenvalue weighted by Gasteiger charge is 2.17. The van der Waals surface area contributed by atoms with Gasteiger partial charge in [-0.15, -0.1) is 0 Å². The lowest BCUT2D eigenvalue weighted by Gasteiger charge is -2.11. The van der Waals surface area contributed by atoms with Crippen LogP contribution in [0.2, 0.25) is 5.02 Å². The maximum atomic E-state index is 6.14. The van der Waals surface area contributed by atoms with Crippen LogP contribution in [-0.4, -0.2) is 24.4 Å². The van der Waals surface area contributed by atoms with Crippen LogP contribution in [0.25, 0.3) is 0 Å². The van der Waals surface area contributed by atoms with Crippen molar-refractivity contribution in [3.05, 3.63) is 58.6 Å². The van der Waals surface area contributed by atoms with E-state index in [0.29, 0.717) is 16.6 Å². The molecule has 0 amide bonds. The predicted octanol–water partition coefficient (Wildman–Crippen LogP) is 3.94. The minimum atomic E-state index is 0.453. The molecule has 0 atom stereocenters. The summed E-state index contributed by atoms with van der Waals surface area (Å²) in [6.45, 7) is 0.453. The van der Waals surface area contributed by atoms with Gasteiger partial charge in [-0.05, 0) is 30.3 Å². The molecule has 0 saturated heterocycles. The van der Waals surface area contributed by atoms with Gasteiger partial charge in [0.05, 0.1) is 19.4 Å². The van der Waals surface area contributed by atoms with Crippen LogP contribution in [0.15, 0.2) is 47.5 Å². The lowest BCUT2D eigenvalue weighted by Crippen LogP contribution is -2.10. The third-order valence-corrected chi connectivity index (χ3v) is 3.70. The number of hydrogen-bond acceptors (Lipinski definition) is 3. The van der Waals surface area contributed by atoms with Crippen molar-refractivity contribution in [2.45, 2.75) is 0 Å². The quantitative estimate of drug-likeness (QED) is 0.852. The molecule has 0 fully saturated rings. The summed E-state index contributed by atoms with van der Waals surface area (Å²) >= 11 is 11.4. The highest BCUT2D eigenvalue weighted by Crippen LogP contribution is 2.27. The van der Waals surface area contributed by atoms with Crippen molar-refractivity contribution in [2.75, 3.05) is 19.0 Å². The van der Waals surface area contributed by atoms with Crippen molar-refractivity contribution in [1.82, 2.24) is 0 Å². The number of aliphatic imine (C=N–C) groups is 1. The third kappa shape index (κ3) is 2.91. The summed E-state index contributed by atoms with van der Waals surface area (Å²) < 4.78 is 5.29. The first-order valence-electron chi connectivity index (χ1n) is 6.46. The monoisotopic (exact) mass is 316 g/mol. The summed E-state index contributed by atoms with van der Waals surface area (Å²) in [6, 6.07) is 13.5. The van der Waals surface area contributed by atoms with E-state index in [4.69, 9.17) is 28.6 Å². The summed E-state index contributed by atoms with van der Waals surface area (Å²) in [5, 5.41) is 3.87. The molecule has 106 valence electrons. The number of rotatable bonds is 2. The summed E-state index contributed by atoms with van der Waals surface area (Å²) in [5.74, 6) is 0.790. The molecule has 0 radical (unpaired) electrons. The maximum absolute atomic E-state index is 6.14. The standard InChI is InChI=1S/C16H13ClN2OS/c1-20-12-4-2-3-10(7-12)16-13-8-11(17)5-6-14(13)19-15(21)9-18-16/h2-8H,9H2,1H3,(H,19,21). The molecule has 3 nitrogen and oxygen atoms in total. The molecule has 1 heterocycles. The number of benzene rings is 2. The van der Waals surface area contributed by atoms with E-state index in [2.05, 4.69) is 10.3 Å². The highest BCUT2D eigenvalue weighted by molar-refractivity contribution is 7.80. The molecule has 1 N–H and O–H groups in total. The first kappa shape index (κ1) is 14.0. The van der Waals surface area contributed by atoms with Crippen LogP contribution in [0.5, 0.6) is 5.75 Å². The summed E-state index contributed by atoms with van der Waals surface area (Å²) in [7, 11) is 1.65. The van der Waals surface area contributed by atoms with Crippen LogP contribution in [0.1, 0.15) is 11.1 Å². The number of methoxy groups -OCH3 is 1. The molecule has 0 aliphatic carbocycles. The van der Waals surface area contributed by atoms with E-state index in [1.165, 1.54) is 0 Å². The summed E-state index contributed by atoms with van der Waals surface area (Å²) in [5.41, 5.74) is 3.70. The van der Waals surface area contributed by atoms with Gasteiger partial charge in [-0.3, -0.25) is 4.99 Å². The van der Waals surface area contributed by atoms with Crippen LogP contribution in [0, 0.1) is 0 Å². The van der Waals surface area contributed by atoms with E-state index in [1.807, 2.05) is 42.5 Å². The van der Waals surface area contributed by atoms with Gasteiger partial charge in [0.15, 0.2) is 0 Å². The van der Waals surface area contributed by atoms with Crippen LogP contribution in [0.3, 0.4) is 0 Å². The smallest absolute Gasteiger partial charge is 0.119 e. The molecule has 1 aliphatic heterocycles. The van der Waals surface area contributed by atoms with Crippen LogP contribution >= 0.6 is 23.8 Å². The lowest BCUT2D eigenvalue weighted by atomic mass is 10.0. The van der Waals surface area contributed by atoms with E-state index in [1.54, 1.807) is 7.11 Å². The predicted molar refractivity (Wildman–Crippen MR) is 91.2 cm³/mol. The van der Waals surface area contributed by atoms with E-state index < -0.39 is 0 Å². The molecule has 0 saturated carbocycles. The molecule has 1 aliphatic rings. The van der Waals surface area contributed by atoms with Crippen molar-refractivity contribution in [3.8, 4) is 5.75 Å². The Morgan fingerprint density at radius 3 is 2.90 bits per heavy atom. The van der Waals surface area contributed by atoms with Gasteiger partial charge in [-0.25, -0.2) is 0 Å². The van der Waals surface area contributed by atoms with Gasteiger partial charge in [-0.2, -0.15) is 0 Å². The zero-order valence-corrected chi connectivity index (χ0v) is 13.0. The van der Waals surface area contributed by atoms with Crippen LogP contribution < -0.4 is 10.1 Å². The first-order chi connectivity index (χ1) is 10.2. The molecule has 2 aromatic rings. The zero-order valence-electron chi connectivity index (χ0n) is 11.4. The number of thiocarbonyl (C=S) groups is 1. The molecule has 5 heteroatoms. The van der Waals surface area contributed by atoms with Gasteiger partial charge in [-0.1, -0.05) is 36.0 Å². The number of halogens is 1. The van der Waals surface area contributed by atoms with Gasteiger partial charge in [0.25, 0.3) is 0 Å². The van der Waals surface area contributed by atoms with Gasteiger partial charge < -0.3 is 10.1 Å². The van der Waals surface area contributed by atoms with Gasteiger partial charge in [0.2, 0.25) is 0 Å². The van der Waals surface area contributed by atoms with E-state index in [0.717, 1.165) is 28.3 Å². The van der Waals surface area contributed by atoms with Gasteiger partial charge in [0, 0.05) is 21.8 Å². The maximum Gasteiger partial charge on any atom is 0.119 e. The third-order valence-electron chi connectivity index (χ3n) is 3.23. The molecule has 0 bridgehead atoms. The second-order valence-electron chi connectivity index (χ2n) is 4.63. The molecule has 0 aromatic heterocycles. The summed E-state index contributed by atoms with van der Waals surface area (Å²) in [4.78, 5) is 5.32. The largest absolute Gasteiger partial charge is 0.497 e. The Hall–Kier alpha value is -1.91. The molecular formula is C16H13ClN2OS. The molecule has 2 aromatic carbocycles. The Labute approximate surface area is 133 Å². The zero-order chi connectivity index (χ0) is 14.8. The fourth-order valence-electron chi connectivity index (χ4n) is 2.26. The number of nitrogens with zero attached hydrogens (tertiary/aromatic N) is 1. The second-order valence-corrected chi connectivity index (χ2v) is 5.56. The number of benzodiazepines with no additional fused rings is 1. The average molecular weight is 317 g/mol. The summed E-state index contributed by atoms with van der Waals surface area (Å²) in [6.07, 6.45) is 0. The SMILES string of the molecule is COc1cccc(C2=NCC(=S)Nc3ccc(Cl)cc32)c1. The Bertz CT molecular complexity index is 743. The lowest BCUT2D eigenvalue weighted by molar-refractivity contribution is 0.414. The van der Waals surface area contributed by atoms with Crippen LogP contribution in [0.4, 0.5) is 5.69 Å². The van der Waals surface area contributed by atoms with Crippen LogP contribution in [-0.2, 0) is 0 Å². The Morgan fingerprint density at radius 2 is 2.10 bits per heavy atom. The van der Waals surface area contributed by atoms with Gasteiger partial charge >= 0.3 is 0 Å². The van der Waals surface area contributed by atoms with E-state index >= 15 is 0 Å². The van der Waals surface area contributed by atoms with Gasteiger partial charge in [0.1, 0.15) is 10.7 Å². The first-order valence-corrected chi connectivity index (χ1v) is 7.24. The van der Waals surface area contributed by atoms with E-state index in [9.17, 15) is 0 Å². The molecule has 21 heavy (non-hydrogen) atoms. The fourth-order valence-corrected chi connectivity index (χ4v) is 2.61. The normalized spacial score (nSPS) is 13.8. The van der Waals surface area contributed by atoms with Crippen molar-refractivity contribution in [3.63, 3.8) is 0 Å². The number of nitrogens with one attached hydrogen (secondary N) is 1. The molecular weight excluding hydrogens is 304 g/mol. The number of fused-ring (bicyclic) bond motifs is 1. The minimum absolute atomic E-state index is 0.453. The Morgan fingerprint density at radius 1 is 1.24 bits per heavy atom. The Balaban J connectivity index is 2.17. The number of anilines is 1. The van der Waals surface area contributed by atoms with Crippen molar-refractivity contribution in [1.29, 1.82) is 0 Å². The molecule has 0 spiro atoms. The topological polar surface area (TPSA) is 33.6 Å². The second kappa shape index (κ2) is 5.84. The van der Waals surface area contributed by atoms with E-state index in [-0.39, 0.29) is 0 Å². The molecule has 3 rings (SSSR count). The Kier molecular flexibility index (Phi) is 3.90. The number of hydrogen-bond donors (Lipinski definition) is 1. The van der Waals surface area contributed by atoms with Crippen molar-refractivity contribution >= 4 is 40.2 Å². The average Bonchev–Trinajstić information content (AvgIpc) is 2.65. The fraction of sp³-hybridized carbons (Fsp3) is 0.125. The minimum Gasteiger partial charge on any atom is -0.497 e.